The van der Waals surface area contributed by atoms with Crippen molar-refractivity contribution in [2.24, 2.45) is 0 Å². The first kappa shape index (κ1) is 18.3. The molecule has 1 atom stereocenters. The van der Waals surface area contributed by atoms with Crippen molar-refractivity contribution in [1.82, 2.24) is 15.2 Å². The Hall–Kier alpha value is -2.47. The van der Waals surface area contributed by atoms with Crippen LogP contribution in [-0.2, 0) is 11.3 Å². The number of rotatable bonds is 5. The SMILES string of the molecule is C[C@H](NC(=O)N1CCC(OCc2ccccn2)CC1)c1ccc(F)cc1. The molecule has 26 heavy (non-hydrogen) atoms. The molecule has 2 heterocycles. The minimum atomic E-state index is -0.278. The third-order valence-corrected chi connectivity index (χ3v) is 4.63. The minimum absolute atomic E-state index is 0.0926. The number of aromatic nitrogens is 1. The Morgan fingerprint density at radius 2 is 2.00 bits per heavy atom. The van der Waals surface area contributed by atoms with Crippen LogP contribution in [0.2, 0.25) is 0 Å². The number of urea groups is 1. The summed E-state index contributed by atoms with van der Waals surface area (Å²) >= 11 is 0. The van der Waals surface area contributed by atoms with E-state index in [1.807, 2.05) is 25.1 Å². The standard InChI is InChI=1S/C20H24FN3O2/c1-15(16-5-7-17(21)8-6-16)23-20(25)24-12-9-19(10-13-24)26-14-18-4-2-3-11-22-18/h2-8,11,15,19H,9-10,12-14H2,1H3,(H,23,25)/t15-/m0/s1. The molecule has 0 radical (unpaired) electrons. The number of carbonyl (C=O) groups is 1. The average Bonchev–Trinajstić information content (AvgIpc) is 2.68. The van der Waals surface area contributed by atoms with Gasteiger partial charge in [-0.1, -0.05) is 18.2 Å². The third kappa shape index (κ3) is 5.02. The van der Waals surface area contributed by atoms with Gasteiger partial charge in [0.05, 0.1) is 24.4 Å². The Balaban J connectivity index is 1.42. The molecule has 138 valence electrons. The monoisotopic (exact) mass is 357 g/mol. The molecule has 1 N–H and O–H groups in total. The number of nitrogens with zero attached hydrogens (tertiary/aromatic N) is 2. The zero-order chi connectivity index (χ0) is 18.4. The smallest absolute Gasteiger partial charge is 0.317 e. The van der Waals surface area contributed by atoms with Crippen molar-refractivity contribution in [1.29, 1.82) is 0 Å². The highest BCUT2D eigenvalue weighted by atomic mass is 19.1. The zero-order valence-electron chi connectivity index (χ0n) is 14.9. The maximum Gasteiger partial charge on any atom is 0.317 e. The van der Waals surface area contributed by atoms with Crippen LogP contribution in [0.4, 0.5) is 9.18 Å². The Morgan fingerprint density at radius 1 is 1.27 bits per heavy atom. The molecule has 0 aliphatic carbocycles. The van der Waals surface area contributed by atoms with Crippen molar-refractivity contribution >= 4 is 6.03 Å². The highest BCUT2D eigenvalue weighted by Crippen LogP contribution is 2.17. The highest BCUT2D eigenvalue weighted by molar-refractivity contribution is 5.74. The molecular weight excluding hydrogens is 333 g/mol. The van der Waals surface area contributed by atoms with Crippen LogP contribution in [0.1, 0.15) is 37.1 Å². The number of ether oxygens (including phenoxy) is 1. The van der Waals surface area contributed by atoms with E-state index in [1.54, 1.807) is 23.2 Å². The molecule has 1 aromatic carbocycles. The van der Waals surface area contributed by atoms with Gasteiger partial charge < -0.3 is 15.0 Å². The first-order valence-corrected chi connectivity index (χ1v) is 8.94. The van der Waals surface area contributed by atoms with Crippen molar-refractivity contribution in [3.8, 4) is 0 Å². The van der Waals surface area contributed by atoms with Gasteiger partial charge in [0.15, 0.2) is 0 Å². The van der Waals surface area contributed by atoms with Gasteiger partial charge in [0.2, 0.25) is 0 Å². The Morgan fingerprint density at radius 3 is 2.65 bits per heavy atom. The second-order valence-electron chi connectivity index (χ2n) is 6.54. The Labute approximate surface area is 153 Å². The molecule has 1 saturated heterocycles. The van der Waals surface area contributed by atoms with E-state index in [-0.39, 0.29) is 24.0 Å². The van der Waals surface area contributed by atoms with Gasteiger partial charge in [-0.25, -0.2) is 9.18 Å². The van der Waals surface area contributed by atoms with Crippen molar-refractivity contribution in [3.05, 3.63) is 65.7 Å². The van der Waals surface area contributed by atoms with Crippen LogP contribution in [0.15, 0.2) is 48.7 Å². The van der Waals surface area contributed by atoms with Gasteiger partial charge in [-0.2, -0.15) is 0 Å². The van der Waals surface area contributed by atoms with Crippen LogP contribution < -0.4 is 5.32 Å². The summed E-state index contributed by atoms with van der Waals surface area (Å²) in [6.45, 7) is 3.72. The molecule has 1 aromatic heterocycles. The number of nitrogens with one attached hydrogen (secondary N) is 1. The van der Waals surface area contributed by atoms with Crippen LogP contribution in [0.5, 0.6) is 0 Å². The predicted octanol–water partition coefficient (Wildman–Crippen LogP) is 3.67. The van der Waals surface area contributed by atoms with Gasteiger partial charge in [0.1, 0.15) is 5.82 Å². The van der Waals surface area contributed by atoms with E-state index >= 15 is 0 Å². The molecule has 5 nitrogen and oxygen atoms in total. The second-order valence-corrected chi connectivity index (χ2v) is 6.54. The van der Waals surface area contributed by atoms with E-state index < -0.39 is 0 Å². The summed E-state index contributed by atoms with van der Waals surface area (Å²) < 4.78 is 18.9. The van der Waals surface area contributed by atoms with Gasteiger partial charge in [0, 0.05) is 19.3 Å². The largest absolute Gasteiger partial charge is 0.372 e. The molecule has 2 amide bonds. The third-order valence-electron chi connectivity index (χ3n) is 4.63. The first-order chi connectivity index (χ1) is 12.6. The number of carbonyl (C=O) groups excluding carboxylic acids is 1. The molecule has 0 bridgehead atoms. The molecule has 0 spiro atoms. The zero-order valence-corrected chi connectivity index (χ0v) is 14.9. The summed E-state index contributed by atoms with van der Waals surface area (Å²) in [5.41, 5.74) is 1.80. The van der Waals surface area contributed by atoms with E-state index in [4.69, 9.17) is 4.74 Å². The highest BCUT2D eigenvalue weighted by Gasteiger charge is 2.24. The fraction of sp³-hybridized carbons (Fsp3) is 0.400. The lowest BCUT2D eigenvalue weighted by molar-refractivity contribution is 0.00293. The van der Waals surface area contributed by atoms with E-state index in [0.29, 0.717) is 19.7 Å². The quantitative estimate of drug-likeness (QED) is 0.888. The van der Waals surface area contributed by atoms with Gasteiger partial charge in [0.25, 0.3) is 0 Å². The predicted molar refractivity (Wildman–Crippen MR) is 97.0 cm³/mol. The lowest BCUT2D eigenvalue weighted by Gasteiger charge is -2.32. The lowest BCUT2D eigenvalue weighted by Crippen LogP contribution is -2.46. The maximum atomic E-state index is 13.0. The van der Waals surface area contributed by atoms with Crippen LogP contribution in [-0.4, -0.2) is 35.1 Å². The summed E-state index contributed by atoms with van der Waals surface area (Å²) in [5, 5.41) is 2.97. The molecule has 0 unspecified atom stereocenters. The molecule has 1 aliphatic rings. The van der Waals surface area contributed by atoms with Crippen molar-refractivity contribution in [3.63, 3.8) is 0 Å². The van der Waals surface area contributed by atoms with E-state index in [1.165, 1.54) is 12.1 Å². The summed E-state index contributed by atoms with van der Waals surface area (Å²) in [7, 11) is 0. The lowest BCUT2D eigenvalue weighted by atomic mass is 10.1. The van der Waals surface area contributed by atoms with Crippen molar-refractivity contribution in [2.75, 3.05) is 13.1 Å². The molecule has 1 aliphatic heterocycles. The summed E-state index contributed by atoms with van der Waals surface area (Å²) in [6.07, 6.45) is 3.53. The number of hydrogen-bond donors (Lipinski definition) is 1. The molecule has 3 rings (SSSR count). The van der Waals surface area contributed by atoms with Crippen LogP contribution in [0.3, 0.4) is 0 Å². The number of amides is 2. The number of halogens is 1. The fourth-order valence-corrected chi connectivity index (χ4v) is 3.02. The topological polar surface area (TPSA) is 54.5 Å². The first-order valence-electron chi connectivity index (χ1n) is 8.94. The average molecular weight is 357 g/mol. The van der Waals surface area contributed by atoms with Crippen molar-refractivity contribution < 1.29 is 13.9 Å². The number of piperidine rings is 1. The van der Waals surface area contributed by atoms with E-state index in [2.05, 4.69) is 10.3 Å². The Bertz CT molecular complexity index is 701. The fourth-order valence-electron chi connectivity index (χ4n) is 3.02. The van der Waals surface area contributed by atoms with Crippen LogP contribution in [0.25, 0.3) is 0 Å². The van der Waals surface area contributed by atoms with E-state index in [9.17, 15) is 9.18 Å². The summed E-state index contributed by atoms with van der Waals surface area (Å²) in [5.74, 6) is -0.278. The van der Waals surface area contributed by atoms with E-state index in [0.717, 1.165) is 24.1 Å². The molecule has 6 heteroatoms. The number of benzene rings is 1. The number of hydrogen-bond acceptors (Lipinski definition) is 3. The molecule has 1 fully saturated rings. The van der Waals surface area contributed by atoms with Gasteiger partial charge in [-0.3, -0.25) is 4.98 Å². The summed E-state index contributed by atoms with van der Waals surface area (Å²) in [6, 6.07) is 11.7. The van der Waals surface area contributed by atoms with Gasteiger partial charge in [-0.15, -0.1) is 0 Å². The Kier molecular flexibility index (Phi) is 6.17. The second kappa shape index (κ2) is 8.76. The molecule has 0 saturated carbocycles. The van der Waals surface area contributed by atoms with Crippen molar-refractivity contribution in [2.45, 2.75) is 38.5 Å². The number of likely N-dealkylation sites (tertiary alicyclic amines) is 1. The molecular formula is C20H24FN3O2. The summed E-state index contributed by atoms with van der Waals surface area (Å²) in [4.78, 5) is 18.5. The van der Waals surface area contributed by atoms with Crippen LogP contribution >= 0.6 is 0 Å². The normalized spacial score (nSPS) is 16.3. The van der Waals surface area contributed by atoms with Gasteiger partial charge >= 0.3 is 6.03 Å². The molecule has 2 aromatic rings. The minimum Gasteiger partial charge on any atom is -0.372 e. The van der Waals surface area contributed by atoms with Crippen LogP contribution in [0, 0.1) is 5.82 Å². The van der Waals surface area contributed by atoms with Gasteiger partial charge in [-0.05, 0) is 49.6 Å². The number of pyridine rings is 1. The maximum absolute atomic E-state index is 13.0.